The molecule has 2 aromatic rings. The first-order valence-corrected chi connectivity index (χ1v) is 11.3. The number of carbonyl (C=O) groups excluding carboxylic acids is 1. The summed E-state index contributed by atoms with van der Waals surface area (Å²) in [5.74, 6) is 0.0166. The molecule has 0 aliphatic carbocycles. The Hall–Kier alpha value is -3.64. The Labute approximate surface area is 202 Å². The van der Waals surface area contributed by atoms with Gasteiger partial charge in [-0.15, -0.1) is 0 Å². The van der Waals surface area contributed by atoms with Gasteiger partial charge in [0, 0.05) is 58.7 Å². The number of fused-ring (bicyclic) bond motifs is 2. The van der Waals surface area contributed by atoms with Crippen LogP contribution in [0.3, 0.4) is 0 Å². The lowest BCUT2D eigenvalue weighted by Gasteiger charge is -2.34. The highest BCUT2D eigenvalue weighted by Crippen LogP contribution is 2.32. The van der Waals surface area contributed by atoms with E-state index >= 15 is 0 Å². The van der Waals surface area contributed by atoms with E-state index in [4.69, 9.17) is 29.3 Å². The first-order valence-electron chi connectivity index (χ1n) is 11.3. The fourth-order valence-corrected chi connectivity index (χ4v) is 3.98. The molecule has 3 aliphatic heterocycles. The number of rotatable bonds is 3. The van der Waals surface area contributed by atoms with Crippen molar-refractivity contribution in [3.63, 3.8) is 0 Å². The van der Waals surface area contributed by atoms with Crippen molar-refractivity contribution in [3.05, 3.63) is 40.7 Å². The lowest BCUT2D eigenvalue weighted by Crippen LogP contribution is -2.48. The summed E-state index contributed by atoms with van der Waals surface area (Å²) in [7, 11) is 0. The second kappa shape index (κ2) is 12.2. The number of aromatic amines is 1. The van der Waals surface area contributed by atoms with Gasteiger partial charge in [-0.05, 0) is 30.7 Å². The number of carboxylic acid groups (broad SMARTS) is 2. The molecule has 1 aromatic heterocycles. The zero-order valence-electron chi connectivity index (χ0n) is 19.9. The zero-order valence-corrected chi connectivity index (χ0v) is 19.9. The molecule has 0 radical (unpaired) electrons. The van der Waals surface area contributed by atoms with Crippen molar-refractivity contribution in [1.29, 1.82) is 0 Å². The largest absolute Gasteiger partial charge is 0.481 e. The fraction of sp³-hybridized carbons (Fsp3) is 0.478. The van der Waals surface area contributed by atoms with Crippen LogP contribution >= 0.6 is 0 Å². The molecule has 1 fully saturated rings. The number of nitrogens with one attached hydrogen (secondary N) is 2. The van der Waals surface area contributed by atoms with Gasteiger partial charge in [0.05, 0.1) is 5.69 Å². The number of hydrogen-bond donors (Lipinski definition) is 4. The summed E-state index contributed by atoms with van der Waals surface area (Å²) in [6.07, 6.45) is 0.858. The molecule has 0 spiro atoms. The van der Waals surface area contributed by atoms with E-state index in [0.29, 0.717) is 12.5 Å². The van der Waals surface area contributed by atoms with Crippen LogP contribution < -0.4 is 14.8 Å². The SMILES string of the molecule is CC(=O)O.CC(=O)O.O=C(c1n[nH]c2c1CCNC2)N1CCN(Cc2ccc3c(c2)OCO3)CC1. The second-order valence-corrected chi connectivity index (χ2v) is 8.25. The minimum Gasteiger partial charge on any atom is -0.481 e. The van der Waals surface area contributed by atoms with Gasteiger partial charge in [0.15, 0.2) is 17.2 Å². The summed E-state index contributed by atoms with van der Waals surface area (Å²) < 4.78 is 10.8. The van der Waals surface area contributed by atoms with Gasteiger partial charge in [0.1, 0.15) is 0 Å². The fourth-order valence-electron chi connectivity index (χ4n) is 3.98. The van der Waals surface area contributed by atoms with Crippen molar-refractivity contribution < 1.29 is 34.1 Å². The van der Waals surface area contributed by atoms with Gasteiger partial charge in [-0.3, -0.25) is 24.4 Å². The summed E-state index contributed by atoms with van der Waals surface area (Å²) in [5.41, 5.74) is 3.94. The number of aromatic nitrogens is 2. The number of H-pyrrole nitrogens is 1. The number of aliphatic carboxylic acids is 2. The maximum absolute atomic E-state index is 12.9. The van der Waals surface area contributed by atoms with Crippen molar-refractivity contribution >= 4 is 17.8 Å². The Morgan fingerprint density at radius 3 is 2.37 bits per heavy atom. The Balaban J connectivity index is 0.000000376. The summed E-state index contributed by atoms with van der Waals surface area (Å²) in [6, 6.07) is 6.09. The lowest BCUT2D eigenvalue weighted by molar-refractivity contribution is -0.135. The third kappa shape index (κ3) is 7.42. The molecule has 1 amide bonds. The van der Waals surface area contributed by atoms with Crippen LogP contribution in [-0.4, -0.2) is 87.6 Å². The van der Waals surface area contributed by atoms with Crippen molar-refractivity contribution in [2.45, 2.75) is 33.4 Å². The molecular weight excluding hydrogens is 458 g/mol. The number of benzene rings is 1. The molecule has 4 N–H and O–H groups in total. The van der Waals surface area contributed by atoms with Crippen molar-refractivity contribution in [2.75, 3.05) is 39.5 Å². The van der Waals surface area contributed by atoms with Gasteiger partial charge in [0.25, 0.3) is 17.8 Å². The van der Waals surface area contributed by atoms with E-state index in [0.717, 1.165) is 88.8 Å². The van der Waals surface area contributed by atoms with E-state index in [-0.39, 0.29) is 5.91 Å². The number of piperazine rings is 1. The average Bonchev–Trinajstić information content (AvgIpc) is 3.45. The van der Waals surface area contributed by atoms with Crippen molar-refractivity contribution in [1.82, 2.24) is 25.3 Å². The van der Waals surface area contributed by atoms with Crippen LogP contribution in [0.2, 0.25) is 0 Å². The smallest absolute Gasteiger partial charge is 0.300 e. The van der Waals surface area contributed by atoms with Crippen LogP contribution in [-0.2, 0) is 29.1 Å². The molecule has 1 saturated heterocycles. The van der Waals surface area contributed by atoms with Crippen molar-refractivity contribution in [3.8, 4) is 11.5 Å². The maximum Gasteiger partial charge on any atom is 0.300 e. The predicted octanol–water partition coefficient (Wildman–Crippen LogP) is 0.924. The number of ether oxygens (including phenoxy) is 2. The van der Waals surface area contributed by atoms with Crippen LogP contribution in [0.1, 0.15) is 41.2 Å². The van der Waals surface area contributed by atoms with Crippen LogP contribution in [0.25, 0.3) is 0 Å². The Morgan fingerprint density at radius 2 is 1.69 bits per heavy atom. The first kappa shape index (κ1) is 26.0. The zero-order chi connectivity index (χ0) is 25.4. The van der Waals surface area contributed by atoms with E-state index in [1.807, 2.05) is 17.0 Å². The van der Waals surface area contributed by atoms with Gasteiger partial charge in [-0.25, -0.2) is 0 Å². The molecule has 12 heteroatoms. The number of carboxylic acids is 2. The van der Waals surface area contributed by atoms with Crippen molar-refractivity contribution in [2.24, 2.45) is 0 Å². The highest BCUT2D eigenvalue weighted by atomic mass is 16.7. The summed E-state index contributed by atoms with van der Waals surface area (Å²) in [4.78, 5) is 35.2. The van der Waals surface area contributed by atoms with E-state index in [1.54, 1.807) is 0 Å². The molecule has 0 saturated carbocycles. The van der Waals surface area contributed by atoms with E-state index < -0.39 is 11.9 Å². The molecule has 12 nitrogen and oxygen atoms in total. The van der Waals surface area contributed by atoms with Crippen LogP contribution in [0.4, 0.5) is 0 Å². The number of nitrogens with zero attached hydrogens (tertiary/aromatic N) is 3. The highest BCUT2D eigenvalue weighted by molar-refractivity contribution is 5.94. The van der Waals surface area contributed by atoms with E-state index in [1.165, 1.54) is 5.56 Å². The molecular formula is C23H31N5O7. The number of carbonyl (C=O) groups is 3. The Bertz CT molecular complexity index is 1030. The lowest BCUT2D eigenvalue weighted by atomic mass is 10.0. The summed E-state index contributed by atoms with van der Waals surface area (Å²) >= 11 is 0. The Morgan fingerprint density at radius 1 is 1.03 bits per heavy atom. The molecule has 4 heterocycles. The van der Waals surface area contributed by atoms with E-state index in [9.17, 15) is 4.79 Å². The molecule has 190 valence electrons. The third-order valence-electron chi connectivity index (χ3n) is 5.51. The van der Waals surface area contributed by atoms with Crippen LogP contribution in [0.15, 0.2) is 18.2 Å². The molecule has 0 unspecified atom stereocenters. The average molecular weight is 490 g/mol. The van der Waals surface area contributed by atoms with Gasteiger partial charge >= 0.3 is 0 Å². The molecule has 0 atom stereocenters. The van der Waals surface area contributed by atoms with Gasteiger partial charge in [-0.2, -0.15) is 5.10 Å². The molecule has 1 aromatic carbocycles. The molecule has 35 heavy (non-hydrogen) atoms. The second-order valence-electron chi connectivity index (χ2n) is 8.25. The summed E-state index contributed by atoms with van der Waals surface area (Å²) in [5, 5.41) is 25.4. The van der Waals surface area contributed by atoms with E-state index in [2.05, 4.69) is 26.5 Å². The van der Waals surface area contributed by atoms with Crippen LogP contribution in [0.5, 0.6) is 11.5 Å². The highest BCUT2D eigenvalue weighted by Gasteiger charge is 2.28. The maximum atomic E-state index is 12.9. The van der Waals surface area contributed by atoms with Gasteiger partial charge in [-0.1, -0.05) is 6.07 Å². The quantitative estimate of drug-likeness (QED) is 0.489. The normalized spacial score (nSPS) is 16.2. The molecule has 5 rings (SSSR count). The first-order chi connectivity index (χ1) is 16.7. The number of hydrogen-bond acceptors (Lipinski definition) is 8. The minimum atomic E-state index is -0.833. The summed E-state index contributed by atoms with van der Waals surface area (Å²) in [6.45, 7) is 8.14. The predicted molar refractivity (Wildman–Crippen MR) is 124 cm³/mol. The number of amides is 1. The monoisotopic (exact) mass is 489 g/mol. The topological polar surface area (TPSA) is 157 Å². The van der Waals surface area contributed by atoms with Gasteiger partial charge < -0.3 is 29.9 Å². The standard InChI is InChI=1S/C19H23N5O3.2C2H4O2/c25-19(18-14-3-4-20-10-15(14)21-22-18)24-7-5-23(6-8-24)11-13-1-2-16-17(9-13)27-12-26-16;2*1-2(3)4/h1-2,9,20H,3-8,10-12H2,(H,21,22);2*1H3,(H,3,4). The molecule has 0 bridgehead atoms. The third-order valence-corrected chi connectivity index (χ3v) is 5.51. The molecule has 3 aliphatic rings. The van der Waals surface area contributed by atoms with Crippen LogP contribution in [0, 0.1) is 0 Å². The Kier molecular flexibility index (Phi) is 9.04. The minimum absolute atomic E-state index is 0.0529. The van der Waals surface area contributed by atoms with Gasteiger partial charge in [0.2, 0.25) is 6.79 Å².